The molecule has 1 amide bonds. The number of sulfonamides is 1. The van der Waals surface area contributed by atoms with Crippen molar-refractivity contribution in [3.05, 3.63) is 64.6 Å². The smallest absolute Gasteiger partial charge is 0.345 e. The highest BCUT2D eigenvalue weighted by Crippen LogP contribution is 2.21. The van der Waals surface area contributed by atoms with E-state index in [-0.39, 0.29) is 29.6 Å². The van der Waals surface area contributed by atoms with Crippen molar-refractivity contribution < 1.29 is 17.9 Å². The number of hydrogen-bond acceptors (Lipinski definition) is 6. The molecule has 0 radical (unpaired) electrons. The van der Waals surface area contributed by atoms with Gasteiger partial charge < -0.3 is 10.1 Å². The molecule has 1 fully saturated rings. The number of methoxy groups -OCH3 is 1. The molecule has 3 aromatic rings. The molecule has 1 aliphatic rings. The third-order valence-electron chi connectivity index (χ3n) is 5.82. The normalized spacial score (nSPS) is 14.3. The van der Waals surface area contributed by atoms with Gasteiger partial charge in [0.25, 0.3) is 5.91 Å². The molecule has 0 spiro atoms. The predicted octanol–water partition coefficient (Wildman–Crippen LogP) is 1.47. The number of hydrogen-bond donors (Lipinski definition) is 1. The molecule has 0 bridgehead atoms. The van der Waals surface area contributed by atoms with Crippen LogP contribution in [0, 0.1) is 0 Å². The van der Waals surface area contributed by atoms with Crippen molar-refractivity contribution in [2.75, 3.05) is 26.7 Å². The van der Waals surface area contributed by atoms with Gasteiger partial charge in [-0.3, -0.25) is 9.36 Å². The van der Waals surface area contributed by atoms with Crippen LogP contribution in [-0.2, 0) is 23.6 Å². The van der Waals surface area contributed by atoms with Gasteiger partial charge in [0.2, 0.25) is 10.0 Å². The molecular formula is C23H27N5O5S. The summed E-state index contributed by atoms with van der Waals surface area (Å²) in [5.41, 5.74) is 0.816. The fourth-order valence-electron chi connectivity index (χ4n) is 3.86. The first kappa shape index (κ1) is 23.7. The van der Waals surface area contributed by atoms with Crippen LogP contribution in [0.1, 0.15) is 23.2 Å². The molecule has 10 nitrogen and oxygen atoms in total. The summed E-state index contributed by atoms with van der Waals surface area (Å²) in [6.07, 6.45) is 1.72. The third kappa shape index (κ3) is 4.75. The van der Waals surface area contributed by atoms with E-state index >= 15 is 0 Å². The van der Waals surface area contributed by atoms with E-state index in [1.165, 1.54) is 37.8 Å². The highest BCUT2D eigenvalue weighted by molar-refractivity contribution is 7.89. The van der Waals surface area contributed by atoms with E-state index in [4.69, 9.17) is 4.74 Å². The quantitative estimate of drug-likeness (QED) is 0.517. The minimum Gasteiger partial charge on any atom is -0.497 e. The Bertz CT molecular complexity index is 1320. The van der Waals surface area contributed by atoms with Crippen molar-refractivity contribution in [1.82, 2.24) is 24.0 Å². The van der Waals surface area contributed by atoms with Crippen molar-refractivity contribution in [1.29, 1.82) is 0 Å². The van der Waals surface area contributed by atoms with Gasteiger partial charge in [0.05, 0.1) is 18.6 Å². The highest BCUT2D eigenvalue weighted by atomic mass is 32.2. The third-order valence-corrected chi connectivity index (χ3v) is 7.73. The number of rotatable bonds is 8. The van der Waals surface area contributed by atoms with Gasteiger partial charge >= 0.3 is 5.69 Å². The van der Waals surface area contributed by atoms with Gasteiger partial charge in [-0.1, -0.05) is 0 Å². The van der Waals surface area contributed by atoms with Crippen LogP contribution in [0.25, 0.3) is 11.4 Å². The second-order valence-corrected chi connectivity index (χ2v) is 9.95. The van der Waals surface area contributed by atoms with E-state index in [1.807, 2.05) is 12.1 Å². The van der Waals surface area contributed by atoms with Crippen LogP contribution in [0.5, 0.6) is 5.75 Å². The summed E-state index contributed by atoms with van der Waals surface area (Å²) in [4.78, 5) is 25.2. The number of aromatic nitrogens is 3. The van der Waals surface area contributed by atoms with Crippen molar-refractivity contribution >= 4 is 15.9 Å². The molecule has 2 aromatic carbocycles. The largest absolute Gasteiger partial charge is 0.497 e. The van der Waals surface area contributed by atoms with Crippen molar-refractivity contribution in [3.63, 3.8) is 0 Å². The van der Waals surface area contributed by atoms with Crippen LogP contribution >= 0.6 is 0 Å². The SMILES string of the molecule is COc1ccc(-c2nn(CCNC(=O)c3ccc(S(=O)(=O)N4CCCC4)cc3)c(=O)n2C)cc1. The summed E-state index contributed by atoms with van der Waals surface area (Å²) in [5, 5.41) is 7.13. The topological polar surface area (TPSA) is 116 Å². The van der Waals surface area contributed by atoms with Crippen molar-refractivity contribution in [2.24, 2.45) is 7.05 Å². The van der Waals surface area contributed by atoms with Gasteiger partial charge in [-0.25, -0.2) is 17.9 Å². The molecular weight excluding hydrogens is 458 g/mol. The lowest BCUT2D eigenvalue weighted by Crippen LogP contribution is -2.32. The maximum atomic E-state index is 12.6. The van der Waals surface area contributed by atoms with Crippen LogP contribution < -0.4 is 15.7 Å². The zero-order valence-corrected chi connectivity index (χ0v) is 19.9. The molecule has 0 aliphatic carbocycles. The summed E-state index contributed by atoms with van der Waals surface area (Å²) < 4.78 is 34.6. The number of amides is 1. The van der Waals surface area contributed by atoms with Gasteiger partial charge in [0, 0.05) is 37.8 Å². The Balaban J connectivity index is 1.38. The van der Waals surface area contributed by atoms with Crippen LogP contribution in [0.4, 0.5) is 0 Å². The minimum atomic E-state index is -3.52. The molecule has 34 heavy (non-hydrogen) atoms. The Kier molecular flexibility index (Phi) is 6.85. The predicted molar refractivity (Wildman–Crippen MR) is 126 cm³/mol. The number of nitrogens with zero attached hydrogens (tertiary/aromatic N) is 4. The maximum Gasteiger partial charge on any atom is 0.345 e. The second kappa shape index (κ2) is 9.82. The second-order valence-electron chi connectivity index (χ2n) is 8.01. The van der Waals surface area contributed by atoms with Crippen molar-refractivity contribution in [2.45, 2.75) is 24.3 Å². The molecule has 1 aliphatic heterocycles. The average Bonchev–Trinajstić information content (AvgIpc) is 3.50. The van der Waals surface area contributed by atoms with Gasteiger partial charge in [0.1, 0.15) is 5.75 Å². The number of nitrogens with one attached hydrogen (secondary N) is 1. The van der Waals surface area contributed by atoms with E-state index in [1.54, 1.807) is 26.3 Å². The molecule has 1 N–H and O–H groups in total. The number of carbonyl (C=O) groups is 1. The summed E-state index contributed by atoms with van der Waals surface area (Å²) in [5.74, 6) is 0.857. The van der Waals surface area contributed by atoms with E-state index in [0.29, 0.717) is 30.2 Å². The first-order chi connectivity index (χ1) is 16.3. The molecule has 180 valence electrons. The molecule has 11 heteroatoms. The lowest BCUT2D eigenvalue weighted by molar-refractivity contribution is 0.0951. The van der Waals surface area contributed by atoms with Crippen molar-refractivity contribution in [3.8, 4) is 17.1 Å². The Morgan fingerprint density at radius 2 is 1.71 bits per heavy atom. The summed E-state index contributed by atoms with van der Waals surface area (Å²) in [6.45, 7) is 1.43. The van der Waals surface area contributed by atoms with E-state index in [0.717, 1.165) is 18.4 Å². The number of carbonyl (C=O) groups excluding carboxylic acids is 1. The first-order valence-corrected chi connectivity index (χ1v) is 12.4. The minimum absolute atomic E-state index is 0.178. The summed E-state index contributed by atoms with van der Waals surface area (Å²) in [6, 6.07) is 13.1. The highest BCUT2D eigenvalue weighted by Gasteiger charge is 2.27. The molecule has 0 atom stereocenters. The molecule has 1 aromatic heterocycles. The van der Waals surface area contributed by atoms with E-state index < -0.39 is 10.0 Å². The van der Waals surface area contributed by atoms with E-state index in [9.17, 15) is 18.0 Å². The fraction of sp³-hybridized carbons (Fsp3) is 0.348. The van der Waals surface area contributed by atoms with Crippen LogP contribution in [0.15, 0.2) is 58.2 Å². The molecule has 1 saturated heterocycles. The zero-order valence-electron chi connectivity index (χ0n) is 19.1. The van der Waals surface area contributed by atoms with Gasteiger partial charge in [-0.05, 0) is 61.4 Å². The molecule has 0 saturated carbocycles. The number of ether oxygens (including phenoxy) is 1. The lowest BCUT2D eigenvalue weighted by Gasteiger charge is -2.15. The standard InChI is InChI=1S/C23H27N5O5S/c1-26-21(17-5-9-19(33-2)10-6-17)25-28(23(26)30)16-13-24-22(29)18-7-11-20(12-8-18)34(31,32)27-14-3-4-15-27/h5-12H,3-4,13-16H2,1-2H3,(H,24,29). The van der Waals surface area contributed by atoms with Gasteiger partial charge in [0.15, 0.2) is 5.82 Å². The van der Waals surface area contributed by atoms with Crippen LogP contribution in [0.3, 0.4) is 0 Å². The monoisotopic (exact) mass is 485 g/mol. The Labute approximate surface area is 197 Å². The first-order valence-electron chi connectivity index (χ1n) is 11.0. The fourth-order valence-corrected chi connectivity index (χ4v) is 5.38. The molecule has 0 unspecified atom stereocenters. The lowest BCUT2D eigenvalue weighted by atomic mass is 10.2. The van der Waals surface area contributed by atoms with E-state index in [2.05, 4.69) is 10.4 Å². The Morgan fingerprint density at radius 3 is 2.32 bits per heavy atom. The number of benzene rings is 2. The van der Waals surface area contributed by atoms with Crippen LogP contribution in [0.2, 0.25) is 0 Å². The average molecular weight is 486 g/mol. The summed E-state index contributed by atoms with van der Waals surface area (Å²) >= 11 is 0. The van der Waals surface area contributed by atoms with Crippen LogP contribution in [-0.4, -0.2) is 59.7 Å². The Hall–Kier alpha value is -3.44. The summed E-state index contributed by atoms with van der Waals surface area (Å²) in [7, 11) is -0.299. The molecule has 4 rings (SSSR count). The van der Waals surface area contributed by atoms with Gasteiger partial charge in [-0.2, -0.15) is 4.31 Å². The van der Waals surface area contributed by atoms with Gasteiger partial charge in [-0.15, -0.1) is 5.10 Å². The molecule has 2 heterocycles. The Morgan fingerprint density at radius 1 is 1.06 bits per heavy atom. The zero-order chi connectivity index (χ0) is 24.3. The maximum absolute atomic E-state index is 12.6.